The lowest BCUT2D eigenvalue weighted by Crippen LogP contribution is -2.43. The van der Waals surface area contributed by atoms with Gasteiger partial charge in [-0.3, -0.25) is 9.78 Å². The molecule has 1 aromatic heterocycles. The van der Waals surface area contributed by atoms with Crippen LogP contribution >= 0.6 is 12.2 Å². The van der Waals surface area contributed by atoms with Gasteiger partial charge in [-0.2, -0.15) is 0 Å². The van der Waals surface area contributed by atoms with E-state index in [4.69, 9.17) is 18.0 Å². The molecule has 98 valence electrons. The van der Waals surface area contributed by atoms with Crippen molar-refractivity contribution in [2.75, 3.05) is 11.9 Å². The third-order valence-corrected chi connectivity index (χ3v) is 2.19. The Morgan fingerprint density at radius 3 is 2.72 bits per heavy atom. The van der Waals surface area contributed by atoms with Gasteiger partial charge >= 0.3 is 0 Å². The molecule has 0 bridgehead atoms. The average Bonchev–Trinajstić information content (AvgIpc) is 2.24. The van der Waals surface area contributed by atoms with E-state index in [2.05, 4.69) is 15.6 Å². The Morgan fingerprint density at radius 2 is 2.17 bits per heavy atom. The maximum atomic E-state index is 11.6. The third-order valence-electron chi connectivity index (χ3n) is 1.98. The normalized spacial score (nSPS) is 10.8. The summed E-state index contributed by atoms with van der Waals surface area (Å²) in [6.07, 6.45) is 1.60. The molecule has 4 N–H and O–H groups in total. The van der Waals surface area contributed by atoms with Crippen molar-refractivity contribution >= 4 is 28.8 Å². The van der Waals surface area contributed by atoms with Crippen molar-refractivity contribution in [3.05, 3.63) is 24.0 Å². The molecule has 0 spiro atoms. The van der Waals surface area contributed by atoms with Crippen LogP contribution in [0.15, 0.2) is 18.3 Å². The lowest BCUT2D eigenvalue weighted by atomic mass is 10.1. The molecule has 1 heterocycles. The van der Waals surface area contributed by atoms with Crippen LogP contribution in [0.1, 0.15) is 26.5 Å². The molecule has 0 radical (unpaired) electrons. The molecule has 0 saturated carbocycles. The van der Waals surface area contributed by atoms with Crippen molar-refractivity contribution in [2.24, 2.45) is 5.73 Å². The average molecular weight is 266 g/mol. The summed E-state index contributed by atoms with van der Waals surface area (Å²) < 4.78 is 0. The highest BCUT2D eigenvalue weighted by atomic mass is 32.1. The molecule has 0 aliphatic carbocycles. The number of anilines is 1. The van der Waals surface area contributed by atoms with Crippen LogP contribution in [0.25, 0.3) is 0 Å². The smallest absolute Gasteiger partial charge is 0.239 e. The van der Waals surface area contributed by atoms with E-state index in [1.807, 2.05) is 20.8 Å². The van der Waals surface area contributed by atoms with E-state index in [1.54, 1.807) is 18.3 Å². The number of rotatable bonds is 4. The molecule has 0 unspecified atom stereocenters. The Balaban J connectivity index is 2.56. The molecule has 0 aliphatic rings. The molecule has 0 aliphatic heterocycles. The first-order chi connectivity index (χ1) is 8.28. The summed E-state index contributed by atoms with van der Waals surface area (Å²) in [5.41, 5.74) is 6.54. The Morgan fingerprint density at radius 1 is 1.50 bits per heavy atom. The van der Waals surface area contributed by atoms with Crippen LogP contribution in [0.3, 0.4) is 0 Å². The molecular weight excluding hydrogens is 248 g/mol. The van der Waals surface area contributed by atoms with Crippen LogP contribution in [0.4, 0.5) is 5.69 Å². The van der Waals surface area contributed by atoms with Crippen LogP contribution in [-0.2, 0) is 4.79 Å². The lowest BCUT2D eigenvalue weighted by molar-refractivity contribution is -0.120. The number of thiocarbonyl (C=S) groups is 1. The second-order valence-corrected chi connectivity index (χ2v) is 5.39. The number of amides is 1. The van der Waals surface area contributed by atoms with Crippen molar-refractivity contribution in [1.29, 1.82) is 0 Å². The molecule has 1 aromatic rings. The second kappa shape index (κ2) is 5.77. The highest BCUT2D eigenvalue weighted by Crippen LogP contribution is 2.07. The van der Waals surface area contributed by atoms with Crippen LogP contribution in [0.2, 0.25) is 0 Å². The molecule has 0 atom stereocenters. The summed E-state index contributed by atoms with van der Waals surface area (Å²) in [6.45, 7) is 5.99. The van der Waals surface area contributed by atoms with E-state index in [0.717, 1.165) is 5.69 Å². The van der Waals surface area contributed by atoms with Gasteiger partial charge in [0.25, 0.3) is 0 Å². The zero-order valence-electron chi connectivity index (χ0n) is 10.8. The fourth-order valence-corrected chi connectivity index (χ4v) is 1.43. The molecule has 0 saturated heterocycles. The first kappa shape index (κ1) is 14.4. The summed E-state index contributed by atoms with van der Waals surface area (Å²) in [4.78, 5) is 15.9. The van der Waals surface area contributed by atoms with Gasteiger partial charge in [0.05, 0.1) is 12.2 Å². The minimum Gasteiger partial charge on any atom is -0.388 e. The largest absolute Gasteiger partial charge is 0.388 e. The van der Waals surface area contributed by atoms with Gasteiger partial charge in [-0.15, -0.1) is 0 Å². The number of aromatic nitrogens is 1. The first-order valence-electron chi connectivity index (χ1n) is 5.59. The fourth-order valence-electron chi connectivity index (χ4n) is 1.32. The van der Waals surface area contributed by atoms with Gasteiger partial charge in [0.1, 0.15) is 4.99 Å². The third kappa shape index (κ3) is 5.09. The molecule has 1 amide bonds. The molecule has 5 nitrogen and oxygen atoms in total. The number of nitrogens with two attached hydrogens (primary N) is 1. The van der Waals surface area contributed by atoms with Gasteiger partial charge in [-0.25, -0.2) is 0 Å². The quantitative estimate of drug-likeness (QED) is 0.710. The highest BCUT2D eigenvalue weighted by molar-refractivity contribution is 7.80. The Labute approximate surface area is 112 Å². The topological polar surface area (TPSA) is 80.0 Å². The summed E-state index contributed by atoms with van der Waals surface area (Å²) >= 11 is 4.84. The fraction of sp³-hybridized carbons (Fsp3) is 0.417. The van der Waals surface area contributed by atoms with E-state index >= 15 is 0 Å². The maximum absolute atomic E-state index is 11.6. The van der Waals surface area contributed by atoms with Gasteiger partial charge in [0.2, 0.25) is 5.91 Å². The van der Waals surface area contributed by atoms with Crippen molar-refractivity contribution in [1.82, 2.24) is 10.3 Å². The molecular formula is C12H18N4OS. The highest BCUT2D eigenvalue weighted by Gasteiger charge is 2.13. The van der Waals surface area contributed by atoms with Crippen LogP contribution in [0.5, 0.6) is 0 Å². The van der Waals surface area contributed by atoms with E-state index in [1.165, 1.54) is 0 Å². The Bertz CT molecular complexity index is 454. The number of hydrogen-bond donors (Lipinski definition) is 3. The Hall–Kier alpha value is -1.69. The predicted molar refractivity (Wildman–Crippen MR) is 76.5 cm³/mol. The van der Waals surface area contributed by atoms with Crippen molar-refractivity contribution in [2.45, 2.75) is 26.3 Å². The molecule has 18 heavy (non-hydrogen) atoms. The SMILES string of the molecule is CC(C)(C)NC(=O)CNc1ccnc(C(N)=S)c1. The van der Waals surface area contributed by atoms with Crippen molar-refractivity contribution in [3.63, 3.8) is 0 Å². The second-order valence-electron chi connectivity index (χ2n) is 4.95. The minimum atomic E-state index is -0.235. The van der Waals surface area contributed by atoms with Gasteiger partial charge in [-0.1, -0.05) is 12.2 Å². The molecule has 6 heteroatoms. The first-order valence-corrected chi connectivity index (χ1v) is 5.99. The van der Waals surface area contributed by atoms with Crippen molar-refractivity contribution in [3.8, 4) is 0 Å². The summed E-state index contributed by atoms with van der Waals surface area (Å²) in [6, 6.07) is 3.47. The standard InChI is InChI=1S/C12H18N4OS/c1-12(2,3)16-10(17)7-15-8-4-5-14-9(6-8)11(13)18/h4-6H,7H2,1-3H3,(H2,13,18)(H,14,15)(H,16,17). The zero-order chi connectivity index (χ0) is 13.8. The summed E-state index contributed by atoms with van der Waals surface area (Å²) in [5, 5.41) is 5.85. The summed E-state index contributed by atoms with van der Waals surface area (Å²) in [5.74, 6) is -0.0730. The number of nitrogens with one attached hydrogen (secondary N) is 2. The lowest BCUT2D eigenvalue weighted by Gasteiger charge is -2.20. The molecule has 0 aromatic carbocycles. The molecule has 0 fully saturated rings. The number of carbonyl (C=O) groups excluding carboxylic acids is 1. The van der Waals surface area contributed by atoms with E-state index < -0.39 is 0 Å². The van der Waals surface area contributed by atoms with Gasteiger partial charge in [0, 0.05) is 17.4 Å². The number of hydrogen-bond acceptors (Lipinski definition) is 4. The predicted octanol–water partition coefficient (Wildman–Crippen LogP) is 1.04. The number of pyridine rings is 1. The van der Waals surface area contributed by atoms with E-state index in [-0.39, 0.29) is 23.0 Å². The van der Waals surface area contributed by atoms with Gasteiger partial charge < -0.3 is 16.4 Å². The van der Waals surface area contributed by atoms with Crippen LogP contribution in [0, 0.1) is 0 Å². The zero-order valence-corrected chi connectivity index (χ0v) is 11.6. The van der Waals surface area contributed by atoms with E-state index in [9.17, 15) is 4.79 Å². The van der Waals surface area contributed by atoms with Crippen LogP contribution in [-0.4, -0.2) is 28.0 Å². The van der Waals surface area contributed by atoms with Gasteiger partial charge in [-0.05, 0) is 32.9 Å². The Kier molecular flexibility index (Phi) is 4.61. The number of nitrogens with zero attached hydrogens (tertiary/aromatic N) is 1. The molecule has 1 rings (SSSR count). The van der Waals surface area contributed by atoms with Crippen molar-refractivity contribution < 1.29 is 4.79 Å². The van der Waals surface area contributed by atoms with Gasteiger partial charge in [0.15, 0.2) is 0 Å². The van der Waals surface area contributed by atoms with E-state index in [0.29, 0.717) is 5.69 Å². The van der Waals surface area contributed by atoms with Crippen LogP contribution < -0.4 is 16.4 Å². The minimum absolute atomic E-state index is 0.0730. The number of carbonyl (C=O) groups is 1. The summed E-state index contributed by atoms with van der Waals surface area (Å²) in [7, 11) is 0. The maximum Gasteiger partial charge on any atom is 0.239 e. The monoisotopic (exact) mass is 266 g/mol.